The van der Waals surface area contributed by atoms with E-state index in [0.29, 0.717) is 0 Å². The minimum Gasteiger partial charge on any atom is -0.321 e. The molecule has 8 heteroatoms. The quantitative estimate of drug-likeness (QED) is 0.858. The first kappa shape index (κ1) is 19.1. The zero-order valence-electron chi connectivity index (χ0n) is 14.1. The molecule has 2 aromatic carbocycles. The van der Waals surface area contributed by atoms with Crippen LogP contribution in [0, 0.1) is 0 Å². The molecule has 2 rings (SSSR count). The predicted molar refractivity (Wildman–Crippen MR) is 96.3 cm³/mol. The van der Waals surface area contributed by atoms with E-state index in [1.807, 2.05) is 0 Å². The number of hydrogen-bond donors (Lipinski definition) is 1. The molecule has 0 heterocycles. The van der Waals surface area contributed by atoms with Crippen LogP contribution in [0.5, 0.6) is 0 Å². The number of sulfone groups is 2. The van der Waals surface area contributed by atoms with Crippen LogP contribution < -0.4 is 5.32 Å². The van der Waals surface area contributed by atoms with Crippen molar-refractivity contribution in [1.29, 1.82) is 0 Å². The van der Waals surface area contributed by atoms with Crippen molar-refractivity contribution in [2.45, 2.75) is 28.9 Å². The normalized spacial score (nSPS) is 12.2. The number of hydrogen-bond acceptors (Lipinski definition) is 5. The van der Waals surface area contributed by atoms with Crippen LogP contribution in [0.1, 0.15) is 24.2 Å². The zero-order chi connectivity index (χ0) is 18.8. The van der Waals surface area contributed by atoms with Crippen molar-refractivity contribution in [2.75, 3.05) is 11.6 Å². The molecule has 0 fully saturated rings. The zero-order valence-corrected chi connectivity index (χ0v) is 15.7. The number of benzene rings is 2. The number of rotatable bonds is 5. The molecule has 6 nitrogen and oxygen atoms in total. The van der Waals surface area contributed by atoms with Gasteiger partial charge in [0, 0.05) is 11.8 Å². The Morgan fingerprint density at radius 2 is 1.60 bits per heavy atom. The Hall–Kier alpha value is -2.19. The molecule has 1 amide bonds. The molecule has 134 valence electrons. The standard InChI is InChI=1S/C17H19NO5S2/c1-12(2)25(22,23)14-8-6-7-13(11-14)17(19)18-15-9-4-5-10-16(15)24(3,20)21/h4-12H,1-3H3,(H,18,19). The lowest BCUT2D eigenvalue weighted by Crippen LogP contribution is -2.17. The van der Waals surface area contributed by atoms with Crippen molar-refractivity contribution in [3.05, 3.63) is 54.1 Å². The second kappa shape index (κ2) is 6.97. The van der Waals surface area contributed by atoms with Gasteiger partial charge in [0.05, 0.1) is 20.7 Å². The van der Waals surface area contributed by atoms with Crippen LogP contribution in [-0.2, 0) is 19.7 Å². The van der Waals surface area contributed by atoms with E-state index >= 15 is 0 Å². The Morgan fingerprint density at radius 3 is 2.20 bits per heavy atom. The first-order chi connectivity index (χ1) is 11.5. The largest absolute Gasteiger partial charge is 0.321 e. The number of para-hydroxylation sites is 1. The fourth-order valence-electron chi connectivity index (χ4n) is 2.17. The van der Waals surface area contributed by atoms with Crippen LogP contribution in [0.3, 0.4) is 0 Å². The highest BCUT2D eigenvalue weighted by Gasteiger charge is 2.21. The smallest absolute Gasteiger partial charge is 0.255 e. The van der Waals surface area contributed by atoms with Gasteiger partial charge in [0.2, 0.25) is 0 Å². The molecule has 0 saturated carbocycles. The SMILES string of the molecule is CC(C)S(=O)(=O)c1cccc(C(=O)Nc2ccccc2S(C)(=O)=O)c1. The number of amides is 1. The molecule has 0 atom stereocenters. The third kappa shape index (κ3) is 4.26. The average molecular weight is 381 g/mol. The van der Waals surface area contributed by atoms with Gasteiger partial charge in [-0.3, -0.25) is 4.79 Å². The van der Waals surface area contributed by atoms with Crippen molar-refractivity contribution in [3.63, 3.8) is 0 Å². The predicted octanol–water partition coefficient (Wildman–Crippen LogP) is 2.52. The summed E-state index contributed by atoms with van der Waals surface area (Å²) in [5, 5.41) is 1.91. The highest BCUT2D eigenvalue weighted by Crippen LogP contribution is 2.22. The maximum Gasteiger partial charge on any atom is 0.255 e. The molecule has 0 spiro atoms. The number of nitrogens with one attached hydrogen (secondary N) is 1. The molecular weight excluding hydrogens is 362 g/mol. The van der Waals surface area contributed by atoms with Crippen molar-refractivity contribution in [2.24, 2.45) is 0 Å². The molecule has 25 heavy (non-hydrogen) atoms. The van der Waals surface area contributed by atoms with Crippen LogP contribution in [0.4, 0.5) is 5.69 Å². The van der Waals surface area contributed by atoms with Crippen LogP contribution in [0.2, 0.25) is 0 Å². The van der Waals surface area contributed by atoms with Crippen molar-refractivity contribution in [1.82, 2.24) is 0 Å². The summed E-state index contributed by atoms with van der Waals surface area (Å²) in [4.78, 5) is 12.5. The summed E-state index contributed by atoms with van der Waals surface area (Å²) < 4.78 is 48.1. The Labute approximate surface area is 147 Å². The molecule has 0 bridgehead atoms. The average Bonchev–Trinajstić information content (AvgIpc) is 2.54. The lowest BCUT2D eigenvalue weighted by Gasteiger charge is -2.11. The van der Waals surface area contributed by atoms with Crippen LogP contribution in [-0.4, -0.2) is 34.2 Å². The Kier molecular flexibility index (Phi) is 5.34. The van der Waals surface area contributed by atoms with Crippen molar-refractivity contribution in [3.8, 4) is 0 Å². The molecule has 0 radical (unpaired) electrons. The summed E-state index contributed by atoms with van der Waals surface area (Å²) in [5.74, 6) is -0.586. The topological polar surface area (TPSA) is 97.4 Å². The fourth-order valence-corrected chi connectivity index (χ4v) is 4.12. The van der Waals surface area contributed by atoms with Crippen LogP contribution >= 0.6 is 0 Å². The molecular formula is C17H19NO5S2. The highest BCUT2D eigenvalue weighted by atomic mass is 32.2. The summed E-state index contributed by atoms with van der Waals surface area (Å²) >= 11 is 0. The summed E-state index contributed by atoms with van der Waals surface area (Å²) in [7, 11) is -7.03. The van der Waals surface area contributed by atoms with E-state index < -0.39 is 30.8 Å². The molecule has 0 unspecified atom stereocenters. The van der Waals surface area contributed by atoms with E-state index in [4.69, 9.17) is 0 Å². The first-order valence-electron chi connectivity index (χ1n) is 7.48. The van der Waals surface area contributed by atoms with E-state index in [0.717, 1.165) is 6.26 Å². The van der Waals surface area contributed by atoms with Gasteiger partial charge in [0.15, 0.2) is 19.7 Å². The second-order valence-electron chi connectivity index (χ2n) is 5.84. The van der Waals surface area contributed by atoms with Crippen molar-refractivity contribution >= 4 is 31.3 Å². The molecule has 1 N–H and O–H groups in total. The number of carbonyl (C=O) groups is 1. The summed E-state index contributed by atoms with van der Waals surface area (Å²) in [6.07, 6.45) is 1.05. The minimum atomic E-state index is -3.51. The van der Waals surface area contributed by atoms with Gasteiger partial charge in [0.1, 0.15) is 0 Å². The molecule has 0 aromatic heterocycles. The summed E-state index contributed by atoms with van der Waals surface area (Å²) in [6, 6.07) is 11.7. The summed E-state index contributed by atoms with van der Waals surface area (Å²) in [6.45, 7) is 3.12. The van der Waals surface area contributed by atoms with Gasteiger partial charge in [-0.05, 0) is 44.2 Å². The van der Waals surface area contributed by atoms with E-state index in [2.05, 4.69) is 5.32 Å². The summed E-state index contributed by atoms with van der Waals surface area (Å²) in [5.41, 5.74) is 0.275. The third-order valence-corrected chi connectivity index (χ3v) is 6.89. The first-order valence-corrected chi connectivity index (χ1v) is 10.9. The van der Waals surface area contributed by atoms with E-state index in [-0.39, 0.29) is 21.0 Å². The maximum atomic E-state index is 12.4. The fraction of sp³-hybridized carbons (Fsp3) is 0.235. The van der Waals surface area contributed by atoms with Crippen molar-refractivity contribution < 1.29 is 21.6 Å². The second-order valence-corrected chi connectivity index (χ2v) is 10.3. The van der Waals surface area contributed by atoms with E-state index in [1.54, 1.807) is 26.0 Å². The lowest BCUT2D eigenvalue weighted by atomic mass is 10.2. The van der Waals surface area contributed by atoms with Gasteiger partial charge in [-0.25, -0.2) is 16.8 Å². The number of anilines is 1. The monoisotopic (exact) mass is 381 g/mol. The van der Waals surface area contributed by atoms with E-state index in [9.17, 15) is 21.6 Å². The Balaban J connectivity index is 2.39. The third-order valence-electron chi connectivity index (χ3n) is 3.58. The van der Waals surface area contributed by atoms with Gasteiger partial charge >= 0.3 is 0 Å². The lowest BCUT2D eigenvalue weighted by molar-refractivity contribution is 0.102. The molecule has 0 aliphatic rings. The van der Waals surface area contributed by atoms with Gasteiger partial charge in [-0.15, -0.1) is 0 Å². The van der Waals surface area contributed by atoms with Crippen LogP contribution in [0.25, 0.3) is 0 Å². The maximum absolute atomic E-state index is 12.4. The highest BCUT2D eigenvalue weighted by molar-refractivity contribution is 7.92. The molecule has 0 aliphatic carbocycles. The molecule has 2 aromatic rings. The van der Waals surface area contributed by atoms with Gasteiger partial charge in [-0.1, -0.05) is 18.2 Å². The van der Waals surface area contributed by atoms with Gasteiger partial charge < -0.3 is 5.32 Å². The number of carbonyl (C=O) groups excluding carboxylic acids is 1. The Bertz CT molecular complexity index is 1010. The van der Waals surface area contributed by atoms with E-state index in [1.165, 1.54) is 36.4 Å². The minimum absolute atomic E-state index is 0.00527. The van der Waals surface area contributed by atoms with Gasteiger partial charge in [-0.2, -0.15) is 0 Å². The molecule has 0 aliphatic heterocycles. The van der Waals surface area contributed by atoms with Crippen LogP contribution in [0.15, 0.2) is 58.3 Å². The van der Waals surface area contributed by atoms with Gasteiger partial charge in [0.25, 0.3) is 5.91 Å². The Morgan fingerprint density at radius 1 is 0.960 bits per heavy atom. The molecule has 0 saturated heterocycles.